The highest BCUT2D eigenvalue weighted by Gasteiger charge is 2.31. The molecule has 2 heterocycles. The molecule has 0 spiro atoms. The van der Waals surface area contributed by atoms with E-state index >= 15 is 0 Å². The van der Waals surface area contributed by atoms with Crippen molar-refractivity contribution in [1.82, 2.24) is 14.2 Å². The zero-order chi connectivity index (χ0) is 28.3. The van der Waals surface area contributed by atoms with E-state index < -0.39 is 16.1 Å². The minimum Gasteiger partial charge on any atom is -0.450 e. The van der Waals surface area contributed by atoms with Crippen LogP contribution in [0.4, 0.5) is 9.93 Å². The van der Waals surface area contributed by atoms with Crippen LogP contribution in [-0.2, 0) is 21.3 Å². The Hall–Kier alpha value is -3.80. The lowest BCUT2D eigenvalue weighted by Crippen LogP contribution is -2.50. The summed E-state index contributed by atoms with van der Waals surface area (Å²) < 4.78 is 33.9. The number of sulfonamides is 1. The molecule has 0 bridgehead atoms. The number of aryl methyl sites for hydroxylation is 1. The summed E-state index contributed by atoms with van der Waals surface area (Å²) >= 11 is 1.45. The molecule has 1 aliphatic rings. The van der Waals surface area contributed by atoms with Crippen LogP contribution in [0, 0.1) is 6.92 Å². The number of hydrogen-bond donors (Lipinski definition) is 0. The number of carbonyl (C=O) groups is 2. The fourth-order valence-electron chi connectivity index (χ4n) is 4.53. The van der Waals surface area contributed by atoms with E-state index in [2.05, 4.69) is 0 Å². The molecule has 0 unspecified atom stereocenters. The number of piperazine rings is 1. The lowest BCUT2D eigenvalue weighted by molar-refractivity contribution is 0.0933. The van der Waals surface area contributed by atoms with Crippen molar-refractivity contribution in [3.05, 3.63) is 89.5 Å². The summed E-state index contributed by atoms with van der Waals surface area (Å²) in [4.78, 5) is 33.7. The molecule has 0 aliphatic carbocycles. The zero-order valence-electron chi connectivity index (χ0n) is 22.3. The maximum Gasteiger partial charge on any atom is 0.409 e. The fraction of sp³-hybridized carbons (Fsp3) is 0.276. The number of thiazole rings is 1. The first-order valence-corrected chi connectivity index (χ1v) is 15.3. The number of carbonyl (C=O) groups excluding carboxylic acids is 2. The lowest BCUT2D eigenvalue weighted by Gasteiger charge is -2.33. The molecule has 3 aromatic carbocycles. The van der Waals surface area contributed by atoms with E-state index in [1.807, 2.05) is 55.5 Å². The van der Waals surface area contributed by atoms with E-state index in [1.54, 1.807) is 24.0 Å². The van der Waals surface area contributed by atoms with E-state index in [-0.39, 0.29) is 43.6 Å². The van der Waals surface area contributed by atoms with Crippen LogP contribution >= 0.6 is 11.3 Å². The molecule has 1 fully saturated rings. The van der Waals surface area contributed by atoms with Gasteiger partial charge in [-0.25, -0.2) is 18.2 Å². The van der Waals surface area contributed by atoms with Crippen LogP contribution in [-0.4, -0.2) is 67.4 Å². The van der Waals surface area contributed by atoms with E-state index in [9.17, 15) is 18.0 Å². The van der Waals surface area contributed by atoms with Crippen molar-refractivity contribution in [1.29, 1.82) is 0 Å². The first-order chi connectivity index (χ1) is 19.3. The Morgan fingerprint density at radius 1 is 0.975 bits per heavy atom. The Balaban J connectivity index is 1.37. The molecule has 1 aromatic heterocycles. The van der Waals surface area contributed by atoms with Crippen molar-refractivity contribution in [2.75, 3.05) is 37.7 Å². The molecule has 0 N–H and O–H groups in total. The molecule has 2 amide bonds. The van der Waals surface area contributed by atoms with Gasteiger partial charge in [0.15, 0.2) is 5.13 Å². The number of benzene rings is 3. The van der Waals surface area contributed by atoms with Gasteiger partial charge in [0.2, 0.25) is 10.0 Å². The van der Waals surface area contributed by atoms with Crippen LogP contribution < -0.4 is 4.90 Å². The quantitative estimate of drug-likeness (QED) is 0.309. The summed E-state index contributed by atoms with van der Waals surface area (Å²) in [7, 11) is -3.79. The van der Waals surface area contributed by atoms with E-state index in [0.29, 0.717) is 17.2 Å². The number of nitrogens with zero attached hydrogens (tertiary/aromatic N) is 4. The monoisotopic (exact) mass is 578 g/mol. The second kappa shape index (κ2) is 11.7. The van der Waals surface area contributed by atoms with Crippen molar-refractivity contribution >= 4 is 48.7 Å². The molecule has 9 nitrogen and oxygen atoms in total. The molecule has 11 heteroatoms. The minimum atomic E-state index is -3.79. The molecular formula is C29H30N4O5S2. The predicted molar refractivity (Wildman–Crippen MR) is 155 cm³/mol. The van der Waals surface area contributed by atoms with Gasteiger partial charge in [0.1, 0.15) is 0 Å². The third-order valence-corrected chi connectivity index (χ3v) is 9.65. The van der Waals surface area contributed by atoms with Crippen LogP contribution in [0.25, 0.3) is 10.2 Å². The zero-order valence-corrected chi connectivity index (χ0v) is 24.0. The van der Waals surface area contributed by atoms with Crippen LogP contribution in [0.5, 0.6) is 0 Å². The number of ether oxygens (including phenoxy) is 1. The molecule has 4 aromatic rings. The highest BCUT2D eigenvalue weighted by atomic mass is 32.2. The Bertz CT molecular complexity index is 1610. The molecule has 0 saturated carbocycles. The summed E-state index contributed by atoms with van der Waals surface area (Å²) in [6.07, 6.45) is -0.439. The van der Waals surface area contributed by atoms with Crippen molar-refractivity contribution in [3.8, 4) is 0 Å². The fourth-order valence-corrected chi connectivity index (χ4v) is 7.01. The number of aromatic nitrogens is 1. The molecule has 1 saturated heterocycles. The summed E-state index contributed by atoms with van der Waals surface area (Å²) in [6.45, 7) is 5.19. The second-order valence-corrected chi connectivity index (χ2v) is 12.4. The maximum atomic E-state index is 13.8. The lowest BCUT2D eigenvalue weighted by atomic mass is 10.1. The molecule has 40 heavy (non-hydrogen) atoms. The SMILES string of the molecule is CCOC(=O)N1CCN(S(=O)(=O)c2ccc(C(=O)N(Cc3ccccc3)c3nc4ccc(C)cc4s3)cc2)CC1. The summed E-state index contributed by atoms with van der Waals surface area (Å²) in [5.74, 6) is -0.272. The Morgan fingerprint density at radius 3 is 2.35 bits per heavy atom. The second-order valence-electron chi connectivity index (χ2n) is 9.46. The van der Waals surface area contributed by atoms with Gasteiger partial charge in [-0.05, 0) is 61.4 Å². The smallest absolute Gasteiger partial charge is 0.409 e. The van der Waals surface area contributed by atoms with Gasteiger partial charge in [-0.15, -0.1) is 0 Å². The summed E-state index contributed by atoms with van der Waals surface area (Å²) in [5.41, 5.74) is 3.24. The first kappa shape index (κ1) is 27.8. The van der Waals surface area contributed by atoms with E-state index in [0.717, 1.165) is 21.3 Å². The average molecular weight is 579 g/mol. The average Bonchev–Trinajstić information content (AvgIpc) is 3.39. The third-order valence-electron chi connectivity index (χ3n) is 6.70. The molecule has 1 aliphatic heterocycles. The van der Waals surface area contributed by atoms with E-state index in [4.69, 9.17) is 9.72 Å². The van der Waals surface area contributed by atoms with E-state index in [1.165, 1.54) is 32.7 Å². The van der Waals surface area contributed by atoms with Crippen LogP contribution in [0.3, 0.4) is 0 Å². The maximum absolute atomic E-state index is 13.8. The normalized spacial score (nSPS) is 14.3. The van der Waals surface area contributed by atoms with Crippen molar-refractivity contribution < 1.29 is 22.7 Å². The minimum absolute atomic E-state index is 0.0960. The predicted octanol–water partition coefficient (Wildman–Crippen LogP) is 4.91. The topological polar surface area (TPSA) is 100 Å². The Kier molecular flexibility index (Phi) is 8.15. The molecule has 0 atom stereocenters. The molecule has 208 valence electrons. The number of rotatable bonds is 7. The first-order valence-electron chi connectivity index (χ1n) is 13.0. The van der Waals surface area contributed by atoms with Crippen LogP contribution in [0.15, 0.2) is 77.7 Å². The van der Waals surface area contributed by atoms with Crippen molar-refractivity contribution in [2.45, 2.75) is 25.3 Å². The van der Waals surface area contributed by atoms with Crippen molar-refractivity contribution in [3.63, 3.8) is 0 Å². The number of hydrogen-bond acceptors (Lipinski definition) is 7. The third kappa shape index (κ3) is 5.86. The van der Waals surface area contributed by atoms with Crippen LogP contribution in [0.2, 0.25) is 0 Å². The highest BCUT2D eigenvalue weighted by molar-refractivity contribution is 7.89. The van der Waals surface area contributed by atoms with Gasteiger partial charge in [0, 0.05) is 31.7 Å². The number of amides is 2. The number of anilines is 1. The largest absolute Gasteiger partial charge is 0.450 e. The van der Waals surface area contributed by atoms with Gasteiger partial charge in [0.05, 0.1) is 28.3 Å². The molecular weight excluding hydrogens is 548 g/mol. The molecule has 5 rings (SSSR count). The standard InChI is InChI=1S/C29H30N4O5S2/c1-3-38-29(35)31-15-17-32(18-16-31)40(36,37)24-12-10-23(11-13-24)27(34)33(20-22-7-5-4-6-8-22)28-30-25-14-9-21(2)19-26(25)39-28/h4-14,19H,3,15-18,20H2,1-2H3. The highest BCUT2D eigenvalue weighted by Crippen LogP contribution is 2.32. The van der Waals surface area contributed by atoms with Gasteiger partial charge >= 0.3 is 6.09 Å². The van der Waals surface area contributed by atoms with Gasteiger partial charge in [-0.1, -0.05) is 47.7 Å². The van der Waals surface area contributed by atoms with Gasteiger partial charge in [-0.3, -0.25) is 9.69 Å². The molecule has 0 radical (unpaired) electrons. The Labute approximate surface area is 237 Å². The van der Waals surface area contributed by atoms with Gasteiger partial charge < -0.3 is 9.64 Å². The van der Waals surface area contributed by atoms with Crippen molar-refractivity contribution in [2.24, 2.45) is 0 Å². The Morgan fingerprint density at radius 2 is 1.68 bits per heavy atom. The number of fused-ring (bicyclic) bond motifs is 1. The van der Waals surface area contributed by atoms with Gasteiger partial charge in [-0.2, -0.15) is 4.31 Å². The van der Waals surface area contributed by atoms with Gasteiger partial charge in [0.25, 0.3) is 5.91 Å². The summed E-state index contributed by atoms with van der Waals surface area (Å²) in [5, 5.41) is 0.575. The summed E-state index contributed by atoms with van der Waals surface area (Å²) in [6, 6.07) is 21.7. The van der Waals surface area contributed by atoms with Crippen LogP contribution in [0.1, 0.15) is 28.4 Å².